The summed E-state index contributed by atoms with van der Waals surface area (Å²) < 4.78 is 38.7. The van der Waals surface area contributed by atoms with Gasteiger partial charge in [0, 0.05) is 0 Å². The molecule has 1 aromatic heterocycles. The molecule has 0 unspecified atom stereocenters. The van der Waals surface area contributed by atoms with Crippen LogP contribution >= 0.6 is 0 Å². The second kappa shape index (κ2) is 5.80. The van der Waals surface area contributed by atoms with Crippen LogP contribution in [-0.2, 0) is 5.41 Å². The molecule has 0 saturated carbocycles. The van der Waals surface area contributed by atoms with Crippen molar-refractivity contribution < 1.29 is 8.50 Å². The Hall–Kier alpha value is -1.16. The van der Waals surface area contributed by atoms with Crippen molar-refractivity contribution in [1.82, 2.24) is 4.98 Å². The van der Waals surface area contributed by atoms with Crippen molar-refractivity contribution in [2.24, 2.45) is 0 Å². The van der Waals surface area contributed by atoms with Gasteiger partial charge >= 0.3 is 140 Å². The van der Waals surface area contributed by atoms with Crippen LogP contribution < -0.4 is 4.40 Å². The summed E-state index contributed by atoms with van der Waals surface area (Å²) in [5.74, 6) is 6.21. The monoisotopic (exact) mass is 364 g/mol. The van der Waals surface area contributed by atoms with Crippen molar-refractivity contribution in [3.63, 3.8) is 0 Å². The van der Waals surface area contributed by atoms with E-state index in [1.807, 2.05) is 12.3 Å². The van der Waals surface area contributed by atoms with Crippen LogP contribution in [0.25, 0.3) is 11.3 Å². The molecular formula is C19H26FGeN. The van der Waals surface area contributed by atoms with Crippen LogP contribution in [0.1, 0.15) is 36.0 Å². The first-order chi connectivity index (χ1) is 11.2. The number of rotatable bonds is 2. The molecule has 0 amide bonds. The Morgan fingerprint density at radius 1 is 1.18 bits per heavy atom. The summed E-state index contributed by atoms with van der Waals surface area (Å²) >= 11 is -2.14. The van der Waals surface area contributed by atoms with Gasteiger partial charge in [0.2, 0.25) is 0 Å². The maximum atomic E-state index is 14.8. The first kappa shape index (κ1) is 13.3. The zero-order valence-corrected chi connectivity index (χ0v) is 16.3. The third-order valence-corrected chi connectivity index (χ3v) is 8.02. The van der Waals surface area contributed by atoms with Gasteiger partial charge in [0.05, 0.1) is 0 Å². The zero-order valence-electron chi connectivity index (χ0n) is 17.2. The van der Waals surface area contributed by atoms with Gasteiger partial charge < -0.3 is 0 Å². The standard InChI is InChI=1S/C19H26FGeN/c1-13-9-8-10-14(18(13)20)17-11-15(19(2,3)4)16(12-22-17)21(5,6)7/h8-12H,1-7H3/i1D3. The number of benzene rings is 1. The van der Waals surface area contributed by atoms with Gasteiger partial charge in [-0.3, -0.25) is 0 Å². The van der Waals surface area contributed by atoms with Crippen molar-refractivity contribution in [2.75, 3.05) is 0 Å². The molecule has 0 aliphatic carbocycles. The molecule has 0 atom stereocenters. The molecule has 0 radical (unpaired) electrons. The Kier molecular flexibility index (Phi) is 3.51. The fourth-order valence-electron chi connectivity index (χ4n) is 2.55. The third kappa shape index (κ3) is 3.43. The summed E-state index contributed by atoms with van der Waals surface area (Å²) in [7, 11) is 0. The molecule has 0 aliphatic heterocycles. The molecule has 0 bridgehead atoms. The number of halogens is 1. The number of aryl methyl sites for hydroxylation is 1. The molecule has 3 heteroatoms. The number of hydrogen-bond donors (Lipinski definition) is 0. The fourth-order valence-corrected chi connectivity index (χ4v) is 6.13. The SMILES string of the molecule is [2H]C([2H])([2H])c1cccc(-c2cc(C(C)(C)C)[c]([Ge]([CH3])([CH3])[CH3])cn2)c1F. The van der Waals surface area contributed by atoms with Crippen molar-refractivity contribution in [2.45, 2.75) is 50.3 Å². The second-order valence-electron chi connectivity index (χ2n) is 7.78. The van der Waals surface area contributed by atoms with E-state index in [0.29, 0.717) is 5.69 Å². The fraction of sp³-hybridized carbons (Fsp3) is 0.421. The van der Waals surface area contributed by atoms with Gasteiger partial charge in [-0.2, -0.15) is 0 Å². The molecule has 0 fully saturated rings. The molecule has 118 valence electrons. The Morgan fingerprint density at radius 3 is 2.41 bits per heavy atom. The van der Waals surface area contributed by atoms with Crippen LogP contribution in [0.2, 0.25) is 17.3 Å². The van der Waals surface area contributed by atoms with Crippen molar-refractivity contribution in [3.05, 3.63) is 47.4 Å². The molecule has 2 aromatic rings. The topological polar surface area (TPSA) is 12.9 Å². The Labute approximate surface area is 140 Å². The van der Waals surface area contributed by atoms with E-state index in [1.165, 1.54) is 16.0 Å². The predicted molar refractivity (Wildman–Crippen MR) is 96.0 cm³/mol. The van der Waals surface area contributed by atoms with Gasteiger partial charge in [0.1, 0.15) is 0 Å². The third-order valence-electron chi connectivity index (χ3n) is 3.79. The summed E-state index contributed by atoms with van der Waals surface area (Å²) in [5.41, 5.74) is 1.55. The van der Waals surface area contributed by atoms with Crippen molar-refractivity contribution in [3.8, 4) is 11.3 Å². The van der Waals surface area contributed by atoms with Crippen molar-refractivity contribution in [1.29, 1.82) is 0 Å². The summed E-state index contributed by atoms with van der Waals surface area (Å²) in [6.07, 6.45) is 1.87. The van der Waals surface area contributed by atoms with E-state index in [4.69, 9.17) is 4.11 Å². The minimum absolute atomic E-state index is 0.0936. The van der Waals surface area contributed by atoms with Crippen LogP contribution in [0.3, 0.4) is 0 Å². The quantitative estimate of drug-likeness (QED) is 0.682. The van der Waals surface area contributed by atoms with E-state index in [0.717, 1.165) is 0 Å². The Bertz CT molecular complexity index is 787. The Balaban J connectivity index is 2.71. The van der Waals surface area contributed by atoms with Gasteiger partial charge in [0.15, 0.2) is 0 Å². The van der Waals surface area contributed by atoms with Crippen molar-refractivity contribution >= 4 is 17.7 Å². The average Bonchev–Trinajstić information content (AvgIpc) is 2.43. The molecule has 2 rings (SSSR count). The summed E-state index contributed by atoms with van der Waals surface area (Å²) in [6, 6.07) is 6.43. The van der Waals surface area contributed by atoms with Crippen LogP contribution in [-0.4, -0.2) is 18.3 Å². The van der Waals surface area contributed by atoms with E-state index in [-0.39, 0.29) is 16.5 Å². The molecular weight excluding hydrogens is 334 g/mol. The molecule has 1 heterocycles. The van der Waals surface area contributed by atoms with Gasteiger partial charge in [-0.15, -0.1) is 0 Å². The molecule has 1 nitrogen and oxygen atoms in total. The van der Waals surface area contributed by atoms with Gasteiger partial charge in [-0.1, -0.05) is 0 Å². The second-order valence-corrected chi connectivity index (χ2v) is 18.4. The molecule has 0 N–H and O–H groups in total. The van der Waals surface area contributed by atoms with E-state index in [1.54, 1.807) is 12.1 Å². The minimum atomic E-state index is -2.48. The average molecular weight is 363 g/mol. The molecule has 1 aromatic carbocycles. The van der Waals surface area contributed by atoms with Crippen LogP contribution in [0.15, 0.2) is 30.5 Å². The number of hydrogen-bond acceptors (Lipinski definition) is 1. The van der Waals surface area contributed by atoms with Crippen LogP contribution in [0.5, 0.6) is 0 Å². The van der Waals surface area contributed by atoms with Gasteiger partial charge in [-0.05, 0) is 0 Å². The molecule has 0 saturated heterocycles. The summed E-state index contributed by atoms with van der Waals surface area (Å²) in [5, 5.41) is 0. The van der Waals surface area contributed by atoms with E-state index >= 15 is 0 Å². The Morgan fingerprint density at radius 2 is 1.86 bits per heavy atom. The van der Waals surface area contributed by atoms with E-state index < -0.39 is 25.9 Å². The normalized spacial score (nSPS) is 15.1. The molecule has 22 heavy (non-hydrogen) atoms. The summed E-state index contributed by atoms with van der Waals surface area (Å²) in [4.78, 5) is 4.50. The van der Waals surface area contributed by atoms with E-state index in [9.17, 15) is 4.39 Å². The summed E-state index contributed by atoms with van der Waals surface area (Å²) in [6.45, 7) is 3.93. The molecule has 0 aliphatic rings. The van der Waals surface area contributed by atoms with E-state index in [2.05, 4.69) is 43.0 Å². The number of aromatic nitrogens is 1. The van der Waals surface area contributed by atoms with Gasteiger partial charge in [0.25, 0.3) is 0 Å². The van der Waals surface area contributed by atoms with Gasteiger partial charge in [-0.25, -0.2) is 0 Å². The first-order valence-corrected chi connectivity index (χ1v) is 14.9. The zero-order chi connectivity index (χ0) is 19.2. The maximum absolute atomic E-state index is 14.8. The number of nitrogens with zero attached hydrogens (tertiary/aromatic N) is 1. The predicted octanol–water partition coefficient (Wildman–Crippen LogP) is 5.04. The van der Waals surface area contributed by atoms with Crippen LogP contribution in [0, 0.1) is 12.7 Å². The number of pyridine rings is 1. The first-order valence-electron chi connectivity index (χ1n) is 9.03. The molecule has 0 spiro atoms. The van der Waals surface area contributed by atoms with Crippen LogP contribution in [0.4, 0.5) is 4.39 Å².